The molecule has 2 aromatic heterocycles. The number of hydrogen-bond donors (Lipinski definition) is 0. The molecule has 0 saturated carbocycles. The molecule has 8 aromatic carbocycles. The number of benzene rings is 8. The van der Waals surface area contributed by atoms with E-state index < -0.39 is 0 Å². The molecule has 0 bridgehead atoms. The second-order valence-electron chi connectivity index (χ2n) is 12.9. The summed E-state index contributed by atoms with van der Waals surface area (Å²) >= 11 is 0. The van der Waals surface area contributed by atoms with E-state index in [-0.39, 0.29) is 0 Å². The summed E-state index contributed by atoms with van der Waals surface area (Å²) in [5.41, 5.74) is 10.9. The molecule has 3 nitrogen and oxygen atoms in total. The Bertz CT molecular complexity index is 2820. The summed E-state index contributed by atoms with van der Waals surface area (Å²) < 4.78 is 2.30. The summed E-state index contributed by atoms with van der Waals surface area (Å²) in [5.74, 6) is 0.704. The van der Waals surface area contributed by atoms with Gasteiger partial charge in [0.25, 0.3) is 0 Å². The van der Waals surface area contributed by atoms with Crippen molar-refractivity contribution in [3.05, 3.63) is 188 Å². The van der Waals surface area contributed by atoms with Gasteiger partial charge in [0.05, 0.1) is 16.6 Å². The SMILES string of the molecule is c1ccc(-c2nc(-c3ccccc3)c3c4cc(-c5c6ccccc6c(-c6ccccc6)c6ccccc56)ccc4n(-c4ccccc4)c3n2)cc1. The van der Waals surface area contributed by atoms with Gasteiger partial charge >= 0.3 is 0 Å². The van der Waals surface area contributed by atoms with E-state index >= 15 is 0 Å². The molecule has 0 amide bonds. The molecule has 2 heterocycles. The highest BCUT2D eigenvalue weighted by molar-refractivity contribution is 6.23. The van der Waals surface area contributed by atoms with Crippen molar-refractivity contribution in [1.29, 1.82) is 0 Å². The van der Waals surface area contributed by atoms with Crippen LogP contribution in [0.25, 0.3) is 94.1 Å². The van der Waals surface area contributed by atoms with E-state index in [1.165, 1.54) is 38.2 Å². The predicted molar refractivity (Wildman–Crippen MR) is 213 cm³/mol. The molecule has 0 spiro atoms. The zero-order valence-electron chi connectivity index (χ0n) is 27.7. The molecule has 0 radical (unpaired) electrons. The zero-order valence-corrected chi connectivity index (χ0v) is 27.7. The molecule has 0 aliphatic rings. The van der Waals surface area contributed by atoms with Gasteiger partial charge in [-0.3, -0.25) is 4.57 Å². The third kappa shape index (κ3) is 4.74. The van der Waals surface area contributed by atoms with Crippen molar-refractivity contribution < 1.29 is 0 Å². The molecule has 0 aliphatic heterocycles. The van der Waals surface area contributed by atoms with Gasteiger partial charge in [0.2, 0.25) is 0 Å². The number of nitrogens with zero attached hydrogens (tertiary/aromatic N) is 3. The van der Waals surface area contributed by atoms with Gasteiger partial charge in [0, 0.05) is 22.2 Å². The van der Waals surface area contributed by atoms with E-state index in [9.17, 15) is 0 Å². The van der Waals surface area contributed by atoms with Crippen LogP contribution in [0.4, 0.5) is 0 Å². The first-order chi connectivity index (χ1) is 25.3. The average Bonchev–Trinajstić information content (AvgIpc) is 3.54. The van der Waals surface area contributed by atoms with Gasteiger partial charge in [-0.2, -0.15) is 0 Å². The topological polar surface area (TPSA) is 30.7 Å². The van der Waals surface area contributed by atoms with Gasteiger partial charge in [0.15, 0.2) is 5.82 Å². The average molecular weight is 650 g/mol. The van der Waals surface area contributed by atoms with Crippen LogP contribution in [-0.4, -0.2) is 14.5 Å². The van der Waals surface area contributed by atoms with Crippen LogP contribution in [0.2, 0.25) is 0 Å². The van der Waals surface area contributed by atoms with Crippen LogP contribution < -0.4 is 0 Å². The van der Waals surface area contributed by atoms with Crippen molar-refractivity contribution in [2.45, 2.75) is 0 Å². The molecule has 0 unspecified atom stereocenters. The van der Waals surface area contributed by atoms with Crippen molar-refractivity contribution in [2.75, 3.05) is 0 Å². The summed E-state index contributed by atoms with van der Waals surface area (Å²) in [6.45, 7) is 0. The van der Waals surface area contributed by atoms with Crippen LogP contribution in [0.15, 0.2) is 188 Å². The Kier molecular flexibility index (Phi) is 6.81. The smallest absolute Gasteiger partial charge is 0.162 e. The third-order valence-electron chi connectivity index (χ3n) is 9.98. The zero-order chi connectivity index (χ0) is 33.7. The molecule has 3 heteroatoms. The van der Waals surface area contributed by atoms with Crippen molar-refractivity contribution in [3.63, 3.8) is 0 Å². The van der Waals surface area contributed by atoms with Crippen LogP contribution in [0.5, 0.6) is 0 Å². The lowest BCUT2D eigenvalue weighted by atomic mass is 9.86. The molecule has 0 atom stereocenters. The maximum absolute atomic E-state index is 5.34. The number of fused-ring (bicyclic) bond motifs is 5. The van der Waals surface area contributed by atoms with E-state index in [1.807, 2.05) is 18.2 Å². The lowest BCUT2D eigenvalue weighted by Gasteiger charge is -2.18. The van der Waals surface area contributed by atoms with E-state index in [0.717, 1.165) is 50.0 Å². The summed E-state index contributed by atoms with van der Waals surface area (Å²) in [6.07, 6.45) is 0. The van der Waals surface area contributed by atoms with E-state index in [1.54, 1.807) is 0 Å². The lowest BCUT2D eigenvalue weighted by molar-refractivity contribution is 1.11. The number of aromatic nitrogens is 3. The Morgan fingerprint density at radius 1 is 0.353 bits per heavy atom. The van der Waals surface area contributed by atoms with Gasteiger partial charge in [-0.25, -0.2) is 9.97 Å². The Labute approximate surface area is 295 Å². The molecular weight excluding hydrogens is 619 g/mol. The maximum Gasteiger partial charge on any atom is 0.162 e. The molecular formula is C48H31N3. The van der Waals surface area contributed by atoms with Gasteiger partial charge in [-0.1, -0.05) is 164 Å². The monoisotopic (exact) mass is 649 g/mol. The summed E-state index contributed by atoms with van der Waals surface area (Å²) in [6, 6.07) is 66.7. The fourth-order valence-corrected chi connectivity index (χ4v) is 7.77. The second kappa shape index (κ2) is 11.9. The van der Waals surface area contributed by atoms with Gasteiger partial charge in [-0.05, 0) is 68.1 Å². The van der Waals surface area contributed by atoms with Crippen LogP contribution in [0.1, 0.15) is 0 Å². The molecule has 10 aromatic rings. The Balaban J connectivity index is 1.34. The highest BCUT2D eigenvalue weighted by Gasteiger charge is 2.23. The van der Waals surface area contributed by atoms with Crippen LogP contribution in [0, 0.1) is 0 Å². The number of rotatable bonds is 5. The van der Waals surface area contributed by atoms with Crippen molar-refractivity contribution in [1.82, 2.24) is 14.5 Å². The Morgan fingerprint density at radius 3 is 1.39 bits per heavy atom. The van der Waals surface area contributed by atoms with Gasteiger partial charge in [-0.15, -0.1) is 0 Å². The highest BCUT2D eigenvalue weighted by atomic mass is 15.1. The first-order valence-electron chi connectivity index (χ1n) is 17.4. The largest absolute Gasteiger partial charge is 0.294 e. The minimum atomic E-state index is 0.704. The molecule has 238 valence electrons. The van der Waals surface area contributed by atoms with Gasteiger partial charge < -0.3 is 0 Å². The van der Waals surface area contributed by atoms with Gasteiger partial charge in [0.1, 0.15) is 5.65 Å². The molecule has 10 rings (SSSR count). The first kappa shape index (κ1) is 29.1. The molecule has 0 N–H and O–H groups in total. The minimum Gasteiger partial charge on any atom is -0.294 e. The van der Waals surface area contributed by atoms with Crippen molar-refractivity contribution in [2.24, 2.45) is 0 Å². The normalized spacial score (nSPS) is 11.5. The standard InChI is InChI=1S/C48H31N3/c1-5-17-32(18-6-1)43-37-25-13-15-27-39(37)44(40-28-16-14-26-38(40)43)35-29-30-42-41(31-35)45-46(33-19-7-2-8-20-33)49-47(34-21-9-3-10-22-34)50-48(45)51(42)36-23-11-4-12-24-36/h1-31H. The lowest BCUT2D eigenvalue weighted by Crippen LogP contribution is -1.99. The predicted octanol–water partition coefficient (Wildman–Crippen LogP) is 12.5. The Hall–Kier alpha value is -6.84. The first-order valence-corrected chi connectivity index (χ1v) is 17.4. The molecule has 0 fully saturated rings. The van der Waals surface area contributed by atoms with E-state index in [0.29, 0.717) is 5.82 Å². The third-order valence-corrected chi connectivity index (χ3v) is 9.98. The summed E-state index contributed by atoms with van der Waals surface area (Å²) in [7, 11) is 0. The maximum atomic E-state index is 5.34. The van der Waals surface area contributed by atoms with Crippen molar-refractivity contribution in [3.8, 4) is 50.6 Å². The van der Waals surface area contributed by atoms with Crippen LogP contribution in [0.3, 0.4) is 0 Å². The van der Waals surface area contributed by atoms with E-state index in [4.69, 9.17) is 9.97 Å². The quantitative estimate of drug-likeness (QED) is 0.174. The summed E-state index contributed by atoms with van der Waals surface area (Å²) in [5, 5.41) is 7.09. The second-order valence-corrected chi connectivity index (χ2v) is 12.9. The van der Waals surface area contributed by atoms with E-state index in [2.05, 4.69) is 174 Å². The molecule has 0 aliphatic carbocycles. The minimum absolute atomic E-state index is 0.704. The molecule has 51 heavy (non-hydrogen) atoms. The number of para-hydroxylation sites is 1. The van der Waals surface area contributed by atoms with Crippen molar-refractivity contribution >= 4 is 43.5 Å². The summed E-state index contributed by atoms with van der Waals surface area (Å²) in [4.78, 5) is 10.7. The Morgan fingerprint density at radius 2 is 0.824 bits per heavy atom. The fourth-order valence-electron chi connectivity index (χ4n) is 7.77. The fraction of sp³-hybridized carbons (Fsp3) is 0. The highest BCUT2D eigenvalue weighted by Crippen LogP contribution is 2.46. The number of hydrogen-bond acceptors (Lipinski definition) is 2. The molecule has 0 saturated heterocycles. The van der Waals surface area contributed by atoms with Crippen LogP contribution >= 0.6 is 0 Å². The van der Waals surface area contributed by atoms with Crippen LogP contribution in [-0.2, 0) is 0 Å².